The number of carbonyl (C=O) groups is 1. The molecule has 21 heavy (non-hydrogen) atoms. The van der Waals surface area contributed by atoms with Crippen molar-refractivity contribution in [1.82, 2.24) is 10.9 Å². The van der Waals surface area contributed by atoms with Crippen molar-refractivity contribution in [3.05, 3.63) is 46.8 Å². The van der Waals surface area contributed by atoms with Gasteiger partial charge in [-0.3, -0.25) is 15.6 Å². The number of phenolic OH excluding ortho intramolecular Hbond substituents is 1. The lowest BCUT2D eigenvalue weighted by Gasteiger charge is -2.09. The highest BCUT2D eigenvalue weighted by Gasteiger charge is 2.10. The summed E-state index contributed by atoms with van der Waals surface area (Å²) < 4.78 is 5.07. The quantitative estimate of drug-likeness (QED) is 0.570. The van der Waals surface area contributed by atoms with Gasteiger partial charge in [-0.2, -0.15) is 5.26 Å². The van der Waals surface area contributed by atoms with Gasteiger partial charge in [0, 0.05) is 11.5 Å². The number of nitrogens with one attached hydrogen (secondary N) is 2. The molecular weight excluding hydrogens is 274 g/mol. The topological polar surface area (TPSA) is 115 Å². The number of rotatable bonds is 4. The number of hydrogen-bond acceptors (Lipinski definition) is 6. The smallest absolute Gasteiger partial charge is 0.345 e. The van der Waals surface area contributed by atoms with E-state index in [1.165, 1.54) is 18.2 Å². The summed E-state index contributed by atoms with van der Waals surface area (Å²) in [5.74, 6) is -0.562. The van der Waals surface area contributed by atoms with Gasteiger partial charge in [0.1, 0.15) is 17.8 Å². The van der Waals surface area contributed by atoms with Gasteiger partial charge < -0.3 is 9.52 Å². The first-order valence-corrected chi connectivity index (χ1v) is 5.89. The van der Waals surface area contributed by atoms with E-state index >= 15 is 0 Å². The Balaban J connectivity index is 2.26. The third-order valence-corrected chi connectivity index (χ3v) is 2.64. The van der Waals surface area contributed by atoms with Crippen molar-refractivity contribution in [1.29, 1.82) is 5.26 Å². The SMILES string of the molecule is C=C(NNC(=O)CC#N)c1cc2ccc(O)cc2oc1=O. The minimum atomic E-state index is -0.667. The molecule has 0 spiro atoms. The maximum absolute atomic E-state index is 11.8. The van der Waals surface area contributed by atoms with Crippen molar-refractivity contribution in [3.8, 4) is 11.8 Å². The Kier molecular flexibility index (Phi) is 3.90. The Hall–Kier alpha value is -3.27. The summed E-state index contributed by atoms with van der Waals surface area (Å²) in [6.45, 7) is 3.62. The average Bonchev–Trinajstić information content (AvgIpc) is 2.44. The summed E-state index contributed by atoms with van der Waals surface area (Å²) in [5.41, 5.74) is 4.51. The van der Waals surface area contributed by atoms with Crippen LogP contribution in [0.5, 0.6) is 5.75 Å². The highest BCUT2D eigenvalue weighted by molar-refractivity contribution is 5.82. The molecule has 0 unspecified atom stereocenters. The van der Waals surface area contributed by atoms with Gasteiger partial charge in [-0.05, 0) is 18.2 Å². The normalized spacial score (nSPS) is 9.86. The number of hydrogen-bond donors (Lipinski definition) is 3. The molecule has 0 aliphatic heterocycles. The van der Waals surface area contributed by atoms with Crippen LogP contribution < -0.4 is 16.5 Å². The molecular formula is C14H11N3O4. The van der Waals surface area contributed by atoms with Gasteiger partial charge in [0.2, 0.25) is 0 Å². The number of hydrazine groups is 1. The van der Waals surface area contributed by atoms with Gasteiger partial charge in [-0.25, -0.2) is 4.79 Å². The fourth-order valence-corrected chi connectivity index (χ4v) is 1.64. The maximum Gasteiger partial charge on any atom is 0.345 e. The highest BCUT2D eigenvalue weighted by Crippen LogP contribution is 2.20. The molecule has 0 bridgehead atoms. The number of aromatic hydroxyl groups is 1. The molecule has 1 heterocycles. The molecule has 0 saturated heterocycles. The van der Waals surface area contributed by atoms with E-state index in [0.717, 1.165) is 0 Å². The number of nitriles is 1. The van der Waals surface area contributed by atoms with Crippen LogP contribution in [0.1, 0.15) is 12.0 Å². The molecule has 0 atom stereocenters. The van der Waals surface area contributed by atoms with E-state index in [-0.39, 0.29) is 29.0 Å². The van der Waals surface area contributed by atoms with Gasteiger partial charge in [0.15, 0.2) is 0 Å². The predicted molar refractivity (Wildman–Crippen MR) is 74.7 cm³/mol. The number of nitrogens with zero attached hydrogens (tertiary/aromatic N) is 1. The number of phenols is 1. The first-order valence-electron chi connectivity index (χ1n) is 5.89. The molecule has 1 amide bonds. The van der Waals surface area contributed by atoms with E-state index in [0.29, 0.717) is 5.39 Å². The lowest BCUT2D eigenvalue weighted by atomic mass is 10.1. The van der Waals surface area contributed by atoms with Crippen LogP contribution in [0, 0.1) is 11.3 Å². The summed E-state index contributed by atoms with van der Waals surface area (Å²) in [6.07, 6.45) is -0.314. The first kappa shape index (κ1) is 14.1. The fraction of sp³-hybridized carbons (Fsp3) is 0.0714. The Labute approximate surface area is 119 Å². The first-order chi connectivity index (χ1) is 10.0. The zero-order chi connectivity index (χ0) is 15.4. The zero-order valence-electron chi connectivity index (χ0n) is 10.8. The van der Waals surface area contributed by atoms with Crippen molar-refractivity contribution < 1.29 is 14.3 Å². The molecule has 1 aromatic carbocycles. The molecule has 0 saturated carbocycles. The molecule has 1 aromatic heterocycles. The summed E-state index contributed by atoms with van der Waals surface area (Å²) in [5, 5.41) is 18.3. The molecule has 0 radical (unpaired) electrons. The van der Waals surface area contributed by atoms with Crippen LogP contribution in [0.4, 0.5) is 0 Å². The molecule has 2 aromatic rings. The molecule has 2 rings (SSSR count). The van der Waals surface area contributed by atoms with Gasteiger partial charge in [-0.15, -0.1) is 0 Å². The van der Waals surface area contributed by atoms with Crippen LogP contribution in [0.15, 0.2) is 40.1 Å². The number of carbonyl (C=O) groups excluding carboxylic acids is 1. The molecule has 0 aliphatic rings. The standard InChI is InChI=1S/C14H11N3O4/c1-8(16-17-13(19)4-5-15)11-6-9-2-3-10(18)7-12(9)21-14(11)20/h2-3,6-7,16,18H,1,4H2,(H,17,19). The predicted octanol–water partition coefficient (Wildman–Crippen LogP) is 1.00. The van der Waals surface area contributed by atoms with Gasteiger partial charge in [0.25, 0.3) is 5.91 Å². The van der Waals surface area contributed by atoms with Crippen molar-refractivity contribution in [2.75, 3.05) is 0 Å². The van der Waals surface area contributed by atoms with Crippen molar-refractivity contribution in [2.24, 2.45) is 0 Å². The van der Waals surface area contributed by atoms with Crippen LogP contribution in [-0.2, 0) is 4.79 Å². The van der Waals surface area contributed by atoms with Crippen molar-refractivity contribution in [2.45, 2.75) is 6.42 Å². The summed E-state index contributed by atoms with van der Waals surface area (Å²) in [7, 11) is 0. The van der Waals surface area contributed by atoms with E-state index < -0.39 is 11.5 Å². The molecule has 7 nitrogen and oxygen atoms in total. The number of amides is 1. The Morgan fingerprint density at radius 1 is 1.38 bits per heavy atom. The van der Waals surface area contributed by atoms with E-state index in [2.05, 4.69) is 17.4 Å². The lowest BCUT2D eigenvalue weighted by Crippen LogP contribution is -2.36. The highest BCUT2D eigenvalue weighted by atomic mass is 16.4. The van der Waals surface area contributed by atoms with Crippen LogP contribution in [0.2, 0.25) is 0 Å². The average molecular weight is 285 g/mol. The second-order valence-corrected chi connectivity index (χ2v) is 4.16. The zero-order valence-corrected chi connectivity index (χ0v) is 10.8. The van der Waals surface area contributed by atoms with E-state index in [1.807, 2.05) is 0 Å². The Bertz CT molecular complexity index is 817. The second kappa shape index (κ2) is 5.79. The second-order valence-electron chi connectivity index (χ2n) is 4.16. The number of fused-ring (bicyclic) bond motifs is 1. The van der Waals surface area contributed by atoms with E-state index in [4.69, 9.17) is 9.68 Å². The minimum absolute atomic E-state index is 0.0147. The van der Waals surface area contributed by atoms with E-state index in [1.54, 1.807) is 12.1 Å². The van der Waals surface area contributed by atoms with Crippen LogP contribution in [-0.4, -0.2) is 11.0 Å². The van der Waals surface area contributed by atoms with Crippen LogP contribution >= 0.6 is 0 Å². The largest absolute Gasteiger partial charge is 0.508 e. The molecule has 0 aliphatic carbocycles. The lowest BCUT2D eigenvalue weighted by molar-refractivity contribution is -0.120. The molecule has 7 heteroatoms. The molecule has 3 N–H and O–H groups in total. The molecule has 106 valence electrons. The summed E-state index contributed by atoms with van der Waals surface area (Å²) in [4.78, 5) is 23.0. The Morgan fingerprint density at radius 3 is 2.86 bits per heavy atom. The summed E-state index contributed by atoms with van der Waals surface area (Å²) in [6, 6.07) is 7.57. The van der Waals surface area contributed by atoms with E-state index in [9.17, 15) is 14.7 Å². The van der Waals surface area contributed by atoms with Gasteiger partial charge in [0.05, 0.1) is 17.3 Å². The van der Waals surface area contributed by atoms with Gasteiger partial charge in [-0.1, -0.05) is 6.58 Å². The van der Waals surface area contributed by atoms with Crippen LogP contribution in [0.25, 0.3) is 16.7 Å². The van der Waals surface area contributed by atoms with Gasteiger partial charge >= 0.3 is 5.63 Å². The third kappa shape index (κ3) is 3.19. The van der Waals surface area contributed by atoms with Crippen molar-refractivity contribution in [3.63, 3.8) is 0 Å². The molecule has 0 fully saturated rings. The van der Waals surface area contributed by atoms with Crippen LogP contribution in [0.3, 0.4) is 0 Å². The maximum atomic E-state index is 11.8. The third-order valence-electron chi connectivity index (χ3n) is 2.64. The number of benzene rings is 1. The Morgan fingerprint density at radius 2 is 2.14 bits per heavy atom. The monoisotopic (exact) mass is 285 g/mol. The van der Waals surface area contributed by atoms with Crippen molar-refractivity contribution >= 4 is 22.6 Å². The minimum Gasteiger partial charge on any atom is -0.508 e. The fourth-order valence-electron chi connectivity index (χ4n) is 1.64. The summed E-state index contributed by atoms with van der Waals surface area (Å²) >= 11 is 0.